The van der Waals surface area contributed by atoms with Crippen molar-refractivity contribution in [1.29, 1.82) is 0 Å². The zero-order valence-corrected chi connectivity index (χ0v) is 16.3. The van der Waals surface area contributed by atoms with Gasteiger partial charge in [-0.1, -0.05) is 33.6 Å². The molecule has 0 aliphatic rings. The lowest BCUT2D eigenvalue weighted by Gasteiger charge is -2.13. The van der Waals surface area contributed by atoms with Gasteiger partial charge in [-0.15, -0.1) is 0 Å². The second-order valence-corrected chi connectivity index (χ2v) is 6.47. The number of nitrogens with one attached hydrogen (secondary N) is 1. The van der Waals surface area contributed by atoms with Gasteiger partial charge in [-0.2, -0.15) is 0 Å². The van der Waals surface area contributed by atoms with Crippen LogP contribution in [-0.4, -0.2) is 26.7 Å². The largest absolute Gasteiger partial charge is 0.495 e. The lowest BCUT2D eigenvalue weighted by molar-refractivity contribution is -0.116. The monoisotopic (exact) mass is 427 g/mol. The third kappa shape index (κ3) is 5.83. The molecule has 0 saturated carbocycles. The number of hydrogen-bond donors (Lipinski definition) is 1. The van der Waals surface area contributed by atoms with E-state index in [1.807, 2.05) is 24.3 Å². The number of rotatable bonds is 8. The third-order valence-corrected chi connectivity index (χ3v) is 4.15. The maximum Gasteiger partial charge on any atom is 0.224 e. The fourth-order valence-electron chi connectivity index (χ4n) is 2.15. The van der Waals surface area contributed by atoms with Crippen molar-refractivity contribution < 1.29 is 19.0 Å². The summed E-state index contributed by atoms with van der Waals surface area (Å²) in [5, 5.41) is 3.22. The number of carbonyl (C=O) groups is 1. The van der Waals surface area contributed by atoms with Gasteiger partial charge in [0.1, 0.15) is 17.2 Å². The van der Waals surface area contributed by atoms with E-state index in [1.54, 1.807) is 12.1 Å². The standard InChI is InChI=1S/C18H19BrClNO4/c1-23-16-11-15(17(24-2)10-14(16)20)21-18(22)7-4-8-25-13-6-3-5-12(19)9-13/h3,5-6,9-11H,4,7-8H2,1-2H3,(H,21,22). The number of ether oxygens (including phenoxy) is 3. The highest BCUT2D eigenvalue weighted by atomic mass is 79.9. The highest BCUT2D eigenvalue weighted by Crippen LogP contribution is 2.35. The average molecular weight is 429 g/mol. The molecule has 5 nitrogen and oxygen atoms in total. The van der Waals surface area contributed by atoms with Gasteiger partial charge in [-0.3, -0.25) is 4.79 Å². The minimum Gasteiger partial charge on any atom is -0.495 e. The predicted molar refractivity (Wildman–Crippen MR) is 102 cm³/mol. The van der Waals surface area contributed by atoms with E-state index < -0.39 is 0 Å². The second kappa shape index (κ2) is 9.53. The summed E-state index contributed by atoms with van der Waals surface area (Å²) >= 11 is 9.44. The van der Waals surface area contributed by atoms with E-state index in [0.717, 1.165) is 10.2 Å². The van der Waals surface area contributed by atoms with E-state index in [0.29, 0.717) is 41.7 Å². The smallest absolute Gasteiger partial charge is 0.224 e. The Morgan fingerprint density at radius 2 is 1.92 bits per heavy atom. The molecule has 2 aromatic carbocycles. The molecule has 0 saturated heterocycles. The highest BCUT2D eigenvalue weighted by molar-refractivity contribution is 9.10. The first-order valence-corrected chi connectivity index (χ1v) is 8.80. The number of amides is 1. The maximum atomic E-state index is 12.1. The van der Waals surface area contributed by atoms with Gasteiger partial charge in [0.15, 0.2) is 0 Å². The molecule has 25 heavy (non-hydrogen) atoms. The SMILES string of the molecule is COc1cc(NC(=O)CCCOc2cccc(Br)c2)c(OC)cc1Cl. The summed E-state index contributed by atoms with van der Waals surface area (Å²) in [4.78, 5) is 12.1. The van der Waals surface area contributed by atoms with E-state index in [2.05, 4.69) is 21.2 Å². The van der Waals surface area contributed by atoms with Crippen LogP contribution in [0.2, 0.25) is 5.02 Å². The van der Waals surface area contributed by atoms with Crippen molar-refractivity contribution >= 4 is 39.1 Å². The molecule has 0 aliphatic carbocycles. The summed E-state index contributed by atoms with van der Waals surface area (Å²) in [7, 11) is 3.03. The van der Waals surface area contributed by atoms with Crippen molar-refractivity contribution in [1.82, 2.24) is 0 Å². The van der Waals surface area contributed by atoms with Gasteiger partial charge >= 0.3 is 0 Å². The summed E-state index contributed by atoms with van der Waals surface area (Å²) in [6.07, 6.45) is 0.910. The van der Waals surface area contributed by atoms with E-state index in [4.69, 9.17) is 25.8 Å². The van der Waals surface area contributed by atoms with Crippen LogP contribution in [0.25, 0.3) is 0 Å². The van der Waals surface area contributed by atoms with Crippen LogP contribution >= 0.6 is 27.5 Å². The Bertz CT molecular complexity index is 739. The molecule has 0 bridgehead atoms. The Hall–Kier alpha value is -1.92. The molecular formula is C18H19BrClNO4. The van der Waals surface area contributed by atoms with Gasteiger partial charge in [-0.05, 0) is 24.6 Å². The molecule has 0 fully saturated rings. The minimum absolute atomic E-state index is 0.138. The quantitative estimate of drug-likeness (QED) is 0.607. The highest BCUT2D eigenvalue weighted by Gasteiger charge is 2.12. The number of methoxy groups -OCH3 is 2. The van der Waals surface area contributed by atoms with Crippen molar-refractivity contribution in [2.45, 2.75) is 12.8 Å². The third-order valence-electron chi connectivity index (χ3n) is 3.36. The van der Waals surface area contributed by atoms with E-state index in [1.165, 1.54) is 14.2 Å². The van der Waals surface area contributed by atoms with Crippen LogP contribution < -0.4 is 19.5 Å². The summed E-state index contributed by atoms with van der Waals surface area (Å²) in [5.41, 5.74) is 0.515. The lowest BCUT2D eigenvalue weighted by Crippen LogP contribution is -2.13. The van der Waals surface area contributed by atoms with Crippen LogP contribution in [0.5, 0.6) is 17.2 Å². The molecule has 1 amide bonds. The first-order chi connectivity index (χ1) is 12.0. The molecule has 0 aromatic heterocycles. The van der Waals surface area contributed by atoms with Crippen LogP contribution in [0.15, 0.2) is 40.9 Å². The van der Waals surface area contributed by atoms with Crippen molar-refractivity contribution in [2.24, 2.45) is 0 Å². The fraction of sp³-hybridized carbons (Fsp3) is 0.278. The zero-order valence-electron chi connectivity index (χ0n) is 14.0. The zero-order chi connectivity index (χ0) is 18.2. The topological polar surface area (TPSA) is 56.8 Å². The van der Waals surface area contributed by atoms with Crippen LogP contribution in [-0.2, 0) is 4.79 Å². The number of hydrogen-bond acceptors (Lipinski definition) is 4. The number of benzene rings is 2. The first kappa shape index (κ1) is 19.4. The van der Waals surface area contributed by atoms with Crippen molar-refractivity contribution in [3.8, 4) is 17.2 Å². The molecule has 0 unspecified atom stereocenters. The number of halogens is 2. The molecule has 2 rings (SSSR count). The molecule has 0 atom stereocenters. The van der Waals surface area contributed by atoms with Crippen molar-refractivity contribution in [3.05, 3.63) is 45.9 Å². The Morgan fingerprint density at radius 1 is 1.16 bits per heavy atom. The van der Waals surface area contributed by atoms with Gasteiger partial charge in [-0.25, -0.2) is 0 Å². The second-order valence-electron chi connectivity index (χ2n) is 5.14. The van der Waals surface area contributed by atoms with Crippen LogP contribution in [0.1, 0.15) is 12.8 Å². The molecule has 7 heteroatoms. The minimum atomic E-state index is -0.138. The molecular weight excluding hydrogens is 410 g/mol. The molecule has 0 radical (unpaired) electrons. The van der Waals surface area contributed by atoms with Gasteiger partial charge in [0.25, 0.3) is 0 Å². The Kier molecular flexibility index (Phi) is 7.40. The molecule has 1 N–H and O–H groups in total. The van der Waals surface area contributed by atoms with E-state index in [9.17, 15) is 4.79 Å². The Morgan fingerprint density at radius 3 is 2.60 bits per heavy atom. The van der Waals surface area contributed by atoms with Crippen molar-refractivity contribution in [3.63, 3.8) is 0 Å². The maximum absolute atomic E-state index is 12.1. The molecule has 134 valence electrons. The number of anilines is 1. The lowest BCUT2D eigenvalue weighted by atomic mass is 10.2. The molecule has 0 spiro atoms. The Labute approximate surface area is 160 Å². The van der Waals surface area contributed by atoms with Crippen LogP contribution in [0, 0.1) is 0 Å². The molecule has 2 aromatic rings. The fourth-order valence-corrected chi connectivity index (χ4v) is 2.76. The predicted octanol–water partition coefficient (Wildman–Crippen LogP) is 4.92. The molecule has 0 aliphatic heterocycles. The molecule has 0 heterocycles. The van der Waals surface area contributed by atoms with E-state index >= 15 is 0 Å². The van der Waals surface area contributed by atoms with Gasteiger partial charge in [0, 0.05) is 23.0 Å². The average Bonchev–Trinajstić information content (AvgIpc) is 2.60. The van der Waals surface area contributed by atoms with Crippen molar-refractivity contribution in [2.75, 3.05) is 26.1 Å². The normalized spacial score (nSPS) is 10.2. The van der Waals surface area contributed by atoms with E-state index in [-0.39, 0.29) is 5.91 Å². The summed E-state index contributed by atoms with van der Waals surface area (Å²) in [6.45, 7) is 0.449. The summed E-state index contributed by atoms with van der Waals surface area (Å²) < 4.78 is 17.0. The van der Waals surface area contributed by atoms with Gasteiger partial charge in [0.2, 0.25) is 5.91 Å². The van der Waals surface area contributed by atoms with Crippen LogP contribution in [0.4, 0.5) is 5.69 Å². The Balaban J connectivity index is 1.86. The summed E-state index contributed by atoms with van der Waals surface area (Å²) in [6, 6.07) is 10.8. The van der Waals surface area contributed by atoms with Gasteiger partial charge < -0.3 is 19.5 Å². The number of carbonyl (C=O) groups excluding carboxylic acids is 1. The summed E-state index contributed by atoms with van der Waals surface area (Å²) in [5.74, 6) is 1.57. The van der Waals surface area contributed by atoms with Gasteiger partial charge in [0.05, 0.1) is 31.5 Å². The first-order valence-electron chi connectivity index (χ1n) is 7.63. The van der Waals surface area contributed by atoms with Crippen LogP contribution in [0.3, 0.4) is 0 Å².